The van der Waals surface area contributed by atoms with Crippen molar-refractivity contribution in [3.05, 3.63) is 82.2 Å². The number of rotatable bonds is 13. The average molecular weight is 671 g/mol. The average Bonchev–Trinajstić information content (AvgIpc) is 3.40. The standard InChI is InChI=1S/C30H35N6O10P/c1-5-13-33-27(37)21-8-7-18(3)24(14-21)36(26(35-16-31)25-19(4)23(15-34-25)28(38)32-6-2)30(40)45-17-44-29(39)20-9-11-22(12-10-20)46-47(41,42)43/h7-12,14-16,31,34H,5-6,13,17H2,1-4H3,(H,32,38)(H,33,37)(H2,41,42,43). The van der Waals surface area contributed by atoms with Crippen molar-refractivity contribution in [3.8, 4) is 5.75 Å². The SMILES string of the molecule is CCCNC(=O)c1ccc(C)c(N(C(=O)OCOC(=O)c2ccc(OP(=O)(O)O)cc2)C(=NC=N)c2[nH]cc(C(=O)NCC)c2C)c1. The molecule has 0 aliphatic heterocycles. The lowest BCUT2D eigenvalue weighted by Gasteiger charge is -2.25. The Morgan fingerprint density at radius 2 is 1.68 bits per heavy atom. The lowest BCUT2D eigenvalue weighted by Crippen LogP contribution is -2.40. The van der Waals surface area contributed by atoms with Crippen LogP contribution < -0.4 is 20.1 Å². The van der Waals surface area contributed by atoms with Gasteiger partial charge in [-0.2, -0.15) is 0 Å². The number of ether oxygens (including phenoxy) is 2. The fourth-order valence-electron chi connectivity index (χ4n) is 4.22. The number of aliphatic imine (C=N–C) groups is 1. The highest BCUT2D eigenvalue weighted by Gasteiger charge is 2.30. The maximum absolute atomic E-state index is 13.8. The quantitative estimate of drug-likeness (QED) is 0.0506. The normalized spacial score (nSPS) is 11.3. The number of carbonyl (C=O) groups excluding carboxylic acids is 4. The third kappa shape index (κ3) is 9.59. The number of nitrogens with one attached hydrogen (secondary N) is 4. The zero-order valence-electron chi connectivity index (χ0n) is 26.0. The van der Waals surface area contributed by atoms with Crippen molar-refractivity contribution in [1.82, 2.24) is 15.6 Å². The zero-order valence-corrected chi connectivity index (χ0v) is 26.9. The number of benzene rings is 2. The molecular weight excluding hydrogens is 635 g/mol. The van der Waals surface area contributed by atoms with Crippen LogP contribution in [0.4, 0.5) is 10.5 Å². The zero-order chi connectivity index (χ0) is 34.7. The number of H-pyrrole nitrogens is 1. The van der Waals surface area contributed by atoms with Gasteiger partial charge < -0.3 is 29.6 Å². The molecule has 0 radical (unpaired) electrons. The van der Waals surface area contributed by atoms with Gasteiger partial charge in [-0.25, -0.2) is 24.0 Å². The molecule has 3 aromatic rings. The second-order valence-electron chi connectivity index (χ2n) is 9.80. The van der Waals surface area contributed by atoms with E-state index in [2.05, 4.69) is 25.1 Å². The number of carbonyl (C=O) groups is 4. The molecule has 2 aromatic carbocycles. The summed E-state index contributed by atoms with van der Waals surface area (Å²) in [4.78, 5) is 77.7. The predicted molar refractivity (Wildman–Crippen MR) is 171 cm³/mol. The number of hydrogen-bond acceptors (Lipinski definition) is 9. The van der Waals surface area contributed by atoms with Gasteiger partial charge in [0.1, 0.15) is 12.1 Å². The number of nitrogens with zero attached hydrogens (tertiary/aromatic N) is 2. The lowest BCUT2D eigenvalue weighted by atomic mass is 10.1. The van der Waals surface area contributed by atoms with E-state index in [9.17, 15) is 23.7 Å². The van der Waals surface area contributed by atoms with Crippen LogP contribution in [-0.4, -0.2) is 70.7 Å². The fourth-order valence-corrected chi connectivity index (χ4v) is 4.61. The minimum Gasteiger partial charge on any atom is -0.424 e. The molecule has 1 heterocycles. The van der Waals surface area contributed by atoms with Crippen molar-refractivity contribution in [2.24, 2.45) is 4.99 Å². The van der Waals surface area contributed by atoms with Crippen LogP contribution in [0.5, 0.6) is 5.75 Å². The van der Waals surface area contributed by atoms with E-state index in [-0.39, 0.29) is 45.6 Å². The van der Waals surface area contributed by atoms with E-state index in [0.29, 0.717) is 37.0 Å². The molecule has 16 nitrogen and oxygen atoms in total. The topological polar surface area (TPSA) is 233 Å². The summed E-state index contributed by atoms with van der Waals surface area (Å²) in [5.74, 6) is -2.05. The van der Waals surface area contributed by atoms with Crippen LogP contribution in [-0.2, 0) is 14.0 Å². The number of phosphoric acid groups is 1. The van der Waals surface area contributed by atoms with E-state index in [0.717, 1.165) is 17.0 Å². The molecular formula is C30H35N6O10P. The second kappa shape index (κ2) is 16.3. The van der Waals surface area contributed by atoms with E-state index in [1.807, 2.05) is 6.92 Å². The largest absolute Gasteiger partial charge is 0.524 e. The van der Waals surface area contributed by atoms with Crippen LogP contribution in [0.25, 0.3) is 0 Å². The molecule has 0 fully saturated rings. The first kappa shape index (κ1) is 36.2. The summed E-state index contributed by atoms with van der Waals surface area (Å²) in [6.45, 7) is 6.87. The Balaban J connectivity index is 1.97. The molecule has 0 aliphatic carbocycles. The van der Waals surface area contributed by atoms with Gasteiger partial charge in [0.2, 0.25) is 6.79 Å². The smallest absolute Gasteiger partial charge is 0.424 e. The summed E-state index contributed by atoms with van der Waals surface area (Å²) < 4.78 is 25.9. The van der Waals surface area contributed by atoms with Crippen molar-refractivity contribution >= 4 is 49.6 Å². The summed E-state index contributed by atoms with van der Waals surface area (Å²) in [6.07, 6.45) is 1.71. The van der Waals surface area contributed by atoms with Gasteiger partial charge in [-0.15, -0.1) is 0 Å². The van der Waals surface area contributed by atoms with Crippen LogP contribution in [0.3, 0.4) is 0 Å². The first-order valence-electron chi connectivity index (χ1n) is 14.2. The number of hydrogen-bond donors (Lipinski definition) is 6. The van der Waals surface area contributed by atoms with Gasteiger partial charge in [0, 0.05) is 24.8 Å². The minimum atomic E-state index is -4.80. The summed E-state index contributed by atoms with van der Waals surface area (Å²) in [5.41, 5.74) is 1.71. The molecule has 0 bridgehead atoms. The molecule has 3 amide bonds. The maximum atomic E-state index is 13.8. The van der Waals surface area contributed by atoms with Crippen LogP contribution in [0.2, 0.25) is 0 Å². The number of esters is 1. The maximum Gasteiger partial charge on any atom is 0.524 e. The number of anilines is 1. The summed E-state index contributed by atoms with van der Waals surface area (Å²) in [6, 6.07) is 9.29. The third-order valence-electron chi connectivity index (χ3n) is 6.46. The summed E-state index contributed by atoms with van der Waals surface area (Å²) in [7, 11) is -4.80. The van der Waals surface area contributed by atoms with Gasteiger partial charge >= 0.3 is 19.9 Å². The second-order valence-corrected chi connectivity index (χ2v) is 11.0. The molecule has 0 saturated carbocycles. The summed E-state index contributed by atoms with van der Waals surface area (Å²) >= 11 is 0. The minimum absolute atomic E-state index is 0.0384. The Hall–Kier alpha value is -5.31. The van der Waals surface area contributed by atoms with Gasteiger partial charge in [0.05, 0.1) is 22.5 Å². The molecule has 6 N–H and O–H groups in total. The molecule has 250 valence electrons. The van der Waals surface area contributed by atoms with E-state index in [4.69, 9.17) is 24.7 Å². The molecule has 0 unspecified atom stereocenters. The highest BCUT2D eigenvalue weighted by Crippen LogP contribution is 2.37. The van der Waals surface area contributed by atoms with Gasteiger partial charge in [0.15, 0.2) is 5.84 Å². The molecule has 0 aliphatic rings. The Kier molecular flexibility index (Phi) is 12.5. The van der Waals surface area contributed by atoms with Crippen LogP contribution in [0.1, 0.15) is 68.2 Å². The third-order valence-corrected chi connectivity index (χ3v) is 6.91. The van der Waals surface area contributed by atoms with Crippen molar-refractivity contribution in [2.45, 2.75) is 34.1 Å². The Morgan fingerprint density at radius 1 is 1.00 bits per heavy atom. The Labute approximate surface area is 269 Å². The molecule has 3 rings (SSSR count). The van der Waals surface area contributed by atoms with Gasteiger partial charge in [0.25, 0.3) is 11.8 Å². The first-order chi connectivity index (χ1) is 22.3. The Morgan fingerprint density at radius 3 is 2.30 bits per heavy atom. The highest BCUT2D eigenvalue weighted by atomic mass is 31.2. The van der Waals surface area contributed by atoms with Crippen LogP contribution >= 0.6 is 7.82 Å². The van der Waals surface area contributed by atoms with E-state index in [1.54, 1.807) is 32.9 Å². The van der Waals surface area contributed by atoms with Gasteiger partial charge in [-0.1, -0.05) is 13.0 Å². The molecule has 47 heavy (non-hydrogen) atoms. The molecule has 0 spiro atoms. The van der Waals surface area contributed by atoms with Crippen molar-refractivity contribution in [2.75, 3.05) is 24.8 Å². The highest BCUT2D eigenvalue weighted by molar-refractivity contribution is 7.46. The van der Waals surface area contributed by atoms with E-state index >= 15 is 0 Å². The first-order valence-corrected chi connectivity index (χ1v) is 15.8. The number of aromatic nitrogens is 1. The van der Waals surface area contributed by atoms with E-state index < -0.39 is 32.6 Å². The monoisotopic (exact) mass is 670 g/mol. The number of amidine groups is 1. The van der Waals surface area contributed by atoms with Crippen LogP contribution in [0.15, 0.2) is 53.7 Å². The molecule has 1 aromatic heterocycles. The van der Waals surface area contributed by atoms with Gasteiger partial charge in [-0.3, -0.25) is 24.8 Å². The lowest BCUT2D eigenvalue weighted by molar-refractivity contribution is 0.0000915. The predicted octanol–water partition coefficient (Wildman–Crippen LogP) is 3.80. The van der Waals surface area contributed by atoms with Gasteiger partial charge in [-0.05, 0) is 74.7 Å². The van der Waals surface area contributed by atoms with Crippen molar-refractivity contribution in [1.29, 1.82) is 5.41 Å². The number of phosphoric ester groups is 1. The molecule has 0 atom stereocenters. The Bertz CT molecular complexity index is 1710. The number of aromatic amines is 1. The fraction of sp³-hybridized carbons (Fsp3) is 0.267. The molecule has 17 heteroatoms. The number of aryl methyl sites for hydroxylation is 1. The number of amides is 3. The van der Waals surface area contributed by atoms with Crippen LogP contribution in [0, 0.1) is 19.3 Å². The molecule has 0 saturated heterocycles. The van der Waals surface area contributed by atoms with Crippen molar-refractivity contribution < 1.29 is 47.5 Å². The van der Waals surface area contributed by atoms with E-state index in [1.165, 1.54) is 24.4 Å². The summed E-state index contributed by atoms with van der Waals surface area (Å²) in [5, 5.41) is 13.2. The van der Waals surface area contributed by atoms with Crippen molar-refractivity contribution in [3.63, 3.8) is 0 Å².